The van der Waals surface area contributed by atoms with Gasteiger partial charge in [0.1, 0.15) is 11.6 Å². The molecular weight excluding hydrogens is 296 g/mol. The van der Waals surface area contributed by atoms with E-state index in [0.717, 1.165) is 30.0 Å². The topological polar surface area (TPSA) is 70.7 Å². The minimum Gasteiger partial charge on any atom is -0.369 e. The van der Waals surface area contributed by atoms with Crippen molar-refractivity contribution in [2.45, 2.75) is 30.9 Å². The van der Waals surface area contributed by atoms with Gasteiger partial charge in [0.15, 0.2) is 0 Å². The molecular formula is C16H20N4OS. The van der Waals surface area contributed by atoms with E-state index >= 15 is 0 Å². The lowest BCUT2D eigenvalue weighted by atomic mass is 10.2. The Balaban J connectivity index is 1.73. The minimum absolute atomic E-state index is 0.125. The second-order valence-corrected chi connectivity index (χ2v) is 6.89. The van der Waals surface area contributed by atoms with Crippen LogP contribution in [-0.2, 0) is 6.42 Å². The molecule has 0 saturated heterocycles. The predicted molar refractivity (Wildman–Crippen MR) is 91.4 cm³/mol. The lowest BCUT2D eigenvalue weighted by Crippen LogP contribution is -2.17. The molecule has 22 heavy (non-hydrogen) atoms. The van der Waals surface area contributed by atoms with Crippen LogP contribution in [0.1, 0.15) is 25.5 Å². The molecule has 1 aliphatic rings. The Morgan fingerprint density at radius 2 is 2.23 bits per heavy atom. The summed E-state index contributed by atoms with van der Waals surface area (Å²) in [4.78, 5) is 23.3. The average Bonchev–Trinajstić information content (AvgIpc) is 3.33. The molecule has 0 aliphatic heterocycles. The molecule has 2 heterocycles. The van der Waals surface area contributed by atoms with E-state index < -0.39 is 0 Å². The molecule has 3 rings (SSSR count). The first-order valence-electron chi connectivity index (χ1n) is 7.50. The third-order valence-electron chi connectivity index (χ3n) is 4.03. The van der Waals surface area contributed by atoms with Gasteiger partial charge in [-0.05, 0) is 37.7 Å². The van der Waals surface area contributed by atoms with E-state index in [1.54, 1.807) is 6.20 Å². The van der Waals surface area contributed by atoms with Crippen LogP contribution in [0.4, 0.5) is 5.82 Å². The van der Waals surface area contributed by atoms with Crippen LogP contribution in [0.5, 0.6) is 0 Å². The molecule has 116 valence electrons. The number of nitrogens with zero attached hydrogens (tertiary/aromatic N) is 2. The molecule has 2 aromatic rings. The molecule has 0 amide bonds. The van der Waals surface area contributed by atoms with Gasteiger partial charge in [-0.2, -0.15) is 11.8 Å². The number of H-pyrrole nitrogens is 1. The maximum Gasteiger partial charge on any atom is 0.251 e. The highest BCUT2D eigenvalue weighted by Crippen LogP contribution is 2.46. The quantitative estimate of drug-likeness (QED) is 0.857. The van der Waals surface area contributed by atoms with Gasteiger partial charge < -0.3 is 10.3 Å². The highest BCUT2D eigenvalue weighted by Gasteiger charge is 2.41. The van der Waals surface area contributed by atoms with Crippen LogP contribution in [0.3, 0.4) is 0 Å². The van der Waals surface area contributed by atoms with Crippen molar-refractivity contribution in [3.8, 4) is 11.4 Å². The lowest BCUT2D eigenvalue weighted by Gasteiger charge is -2.13. The molecule has 1 aliphatic carbocycles. The maximum absolute atomic E-state index is 11.6. The number of aromatic nitrogens is 3. The smallest absolute Gasteiger partial charge is 0.251 e. The molecule has 1 saturated carbocycles. The summed E-state index contributed by atoms with van der Waals surface area (Å²) in [5, 5.41) is 3.39. The van der Waals surface area contributed by atoms with Crippen molar-refractivity contribution < 1.29 is 0 Å². The zero-order valence-corrected chi connectivity index (χ0v) is 13.7. The zero-order valence-electron chi connectivity index (χ0n) is 12.8. The summed E-state index contributed by atoms with van der Waals surface area (Å²) in [6.07, 6.45) is 7.19. The van der Waals surface area contributed by atoms with Crippen molar-refractivity contribution in [1.29, 1.82) is 0 Å². The second kappa shape index (κ2) is 6.12. The van der Waals surface area contributed by atoms with Crippen LogP contribution < -0.4 is 10.9 Å². The van der Waals surface area contributed by atoms with Crippen molar-refractivity contribution in [3.63, 3.8) is 0 Å². The summed E-state index contributed by atoms with van der Waals surface area (Å²) in [5.41, 5.74) is 1.49. The van der Waals surface area contributed by atoms with Gasteiger partial charge in [-0.25, -0.2) is 9.97 Å². The molecule has 0 unspecified atom stereocenters. The molecule has 0 atom stereocenters. The first kappa shape index (κ1) is 15.1. The Hall–Kier alpha value is -1.82. The fraction of sp³-hybridized carbons (Fsp3) is 0.438. The molecule has 5 nitrogen and oxygen atoms in total. The van der Waals surface area contributed by atoms with E-state index in [1.165, 1.54) is 18.9 Å². The van der Waals surface area contributed by atoms with E-state index in [1.807, 2.05) is 30.8 Å². The normalized spacial score (nSPS) is 15.5. The van der Waals surface area contributed by atoms with Gasteiger partial charge in [-0.15, -0.1) is 0 Å². The van der Waals surface area contributed by atoms with Gasteiger partial charge in [-0.1, -0.05) is 6.92 Å². The Labute approximate surface area is 134 Å². The predicted octanol–water partition coefficient (Wildman–Crippen LogP) is 2.70. The third-order valence-corrected chi connectivity index (χ3v) is 5.44. The van der Waals surface area contributed by atoms with Gasteiger partial charge in [0.05, 0.1) is 0 Å². The molecule has 0 radical (unpaired) electrons. The van der Waals surface area contributed by atoms with Crippen LogP contribution in [-0.4, -0.2) is 32.5 Å². The van der Waals surface area contributed by atoms with Gasteiger partial charge in [0.25, 0.3) is 5.56 Å². The summed E-state index contributed by atoms with van der Waals surface area (Å²) >= 11 is 1.92. The first-order valence-corrected chi connectivity index (χ1v) is 8.72. The van der Waals surface area contributed by atoms with Crippen LogP contribution in [0.2, 0.25) is 0 Å². The summed E-state index contributed by atoms with van der Waals surface area (Å²) in [5.74, 6) is 1.43. The summed E-state index contributed by atoms with van der Waals surface area (Å²) < 4.78 is 0.405. The fourth-order valence-corrected chi connectivity index (χ4v) is 3.04. The highest BCUT2D eigenvalue weighted by atomic mass is 32.2. The Bertz CT molecular complexity index is 707. The summed E-state index contributed by atoms with van der Waals surface area (Å²) in [7, 11) is 0. The number of thioether (sulfide) groups is 1. The van der Waals surface area contributed by atoms with E-state index in [0.29, 0.717) is 10.6 Å². The Morgan fingerprint density at radius 1 is 1.41 bits per heavy atom. The van der Waals surface area contributed by atoms with Crippen LogP contribution in [0.15, 0.2) is 29.2 Å². The number of rotatable bonds is 6. The SMILES string of the molecule is CCc1cc(=O)[nH]c(-c2ccc(NCC3(SC)CC3)nc2)n1. The molecule has 0 aromatic carbocycles. The van der Waals surface area contributed by atoms with Crippen LogP contribution in [0, 0.1) is 0 Å². The largest absolute Gasteiger partial charge is 0.369 e. The maximum atomic E-state index is 11.6. The minimum atomic E-state index is -0.125. The Morgan fingerprint density at radius 3 is 2.82 bits per heavy atom. The van der Waals surface area contributed by atoms with E-state index in [2.05, 4.69) is 26.5 Å². The second-order valence-electron chi connectivity index (χ2n) is 5.61. The van der Waals surface area contributed by atoms with E-state index in [-0.39, 0.29) is 5.56 Å². The number of aryl methyl sites for hydroxylation is 1. The highest BCUT2D eigenvalue weighted by molar-refractivity contribution is 8.00. The van der Waals surface area contributed by atoms with Gasteiger partial charge in [0, 0.05) is 34.8 Å². The van der Waals surface area contributed by atoms with Gasteiger partial charge >= 0.3 is 0 Å². The first-order chi connectivity index (χ1) is 10.6. The molecule has 0 bridgehead atoms. The number of nitrogens with one attached hydrogen (secondary N) is 2. The molecule has 2 aromatic heterocycles. The van der Waals surface area contributed by atoms with Crippen LogP contribution >= 0.6 is 11.8 Å². The van der Waals surface area contributed by atoms with Gasteiger partial charge in [-0.3, -0.25) is 4.79 Å². The number of hydrogen-bond acceptors (Lipinski definition) is 5. The number of anilines is 1. The average molecular weight is 316 g/mol. The third kappa shape index (κ3) is 3.32. The summed E-state index contributed by atoms with van der Waals surface area (Å²) in [6.45, 7) is 2.93. The monoisotopic (exact) mass is 316 g/mol. The number of aromatic amines is 1. The van der Waals surface area contributed by atoms with Crippen molar-refractivity contribution in [2.75, 3.05) is 18.1 Å². The molecule has 1 fully saturated rings. The van der Waals surface area contributed by atoms with Crippen molar-refractivity contribution in [2.24, 2.45) is 0 Å². The molecule has 6 heteroatoms. The van der Waals surface area contributed by atoms with Crippen molar-refractivity contribution >= 4 is 17.6 Å². The summed E-state index contributed by atoms with van der Waals surface area (Å²) in [6, 6.07) is 5.40. The lowest BCUT2D eigenvalue weighted by molar-refractivity contribution is 0.940. The number of pyridine rings is 1. The number of hydrogen-bond donors (Lipinski definition) is 2. The Kier molecular flexibility index (Phi) is 4.20. The zero-order chi connectivity index (χ0) is 15.6. The molecule has 2 N–H and O–H groups in total. The molecule has 0 spiro atoms. The van der Waals surface area contributed by atoms with Crippen molar-refractivity contribution in [1.82, 2.24) is 15.0 Å². The standard InChI is InChI=1S/C16H20N4OS/c1-3-12-8-14(21)20-15(19-12)11-4-5-13(17-9-11)18-10-16(22-2)6-7-16/h4-5,8-9H,3,6-7,10H2,1-2H3,(H,17,18)(H,19,20,21). The van der Waals surface area contributed by atoms with Crippen molar-refractivity contribution in [3.05, 3.63) is 40.4 Å². The van der Waals surface area contributed by atoms with E-state index in [9.17, 15) is 4.79 Å². The van der Waals surface area contributed by atoms with Crippen LogP contribution in [0.25, 0.3) is 11.4 Å². The van der Waals surface area contributed by atoms with Gasteiger partial charge in [0.2, 0.25) is 0 Å². The van der Waals surface area contributed by atoms with E-state index in [4.69, 9.17) is 0 Å². The fourth-order valence-electron chi connectivity index (χ4n) is 2.31.